The molecule has 0 spiro atoms. The van der Waals surface area contributed by atoms with Crippen LogP contribution in [0.1, 0.15) is 73.6 Å². The zero-order chi connectivity index (χ0) is 25.2. The van der Waals surface area contributed by atoms with Gasteiger partial charge in [0.25, 0.3) is 5.91 Å². The number of ether oxygens (including phenoxy) is 1. The van der Waals surface area contributed by atoms with Crippen LogP contribution < -0.4 is 10.6 Å². The Hall–Kier alpha value is -3.61. The fourth-order valence-electron chi connectivity index (χ4n) is 4.94. The first kappa shape index (κ1) is 24.5. The maximum atomic E-state index is 13.7. The summed E-state index contributed by atoms with van der Waals surface area (Å²) in [6.07, 6.45) is 3.62. The van der Waals surface area contributed by atoms with Gasteiger partial charge < -0.3 is 15.4 Å². The quantitative estimate of drug-likeness (QED) is 0.474. The van der Waals surface area contributed by atoms with E-state index in [1.807, 2.05) is 54.1 Å². The smallest absolute Gasteiger partial charge is 0.336 e. The van der Waals surface area contributed by atoms with Crippen LogP contribution in [0.4, 0.5) is 5.82 Å². The molecular weight excluding hydrogens is 440 g/mol. The number of amides is 1. The summed E-state index contributed by atoms with van der Waals surface area (Å²) in [6, 6.07) is 17.9. The zero-order valence-corrected chi connectivity index (χ0v) is 21.1. The van der Waals surface area contributed by atoms with Gasteiger partial charge >= 0.3 is 5.97 Å². The van der Waals surface area contributed by atoms with Gasteiger partial charge in [-0.05, 0) is 49.8 Å². The molecule has 4 rings (SSSR count). The molecular formula is C28H34N4O3. The molecule has 0 saturated heterocycles. The van der Waals surface area contributed by atoms with Crippen LogP contribution in [0.15, 0.2) is 60.8 Å². The largest absolute Gasteiger partial charge is 0.467 e. The van der Waals surface area contributed by atoms with Crippen LogP contribution in [-0.4, -0.2) is 28.8 Å². The first-order valence-electron chi connectivity index (χ1n) is 12.2. The third-order valence-corrected chi connectivity index (χ3v) is 7.05. The number of hydrogen-bond donors (Lipinski definition) is 2. The van der Waals surface area contributed by atoms with Crippen molar-refractivity contribution in [1.29, 1.82) is 0 Å². The number of aromatic nitrogens is 2. The molecule has 0 saturated carbocycles. The molecule has 3 aromatic rings. The van der Waals surface area contributed by atoms with Crippen LogP contribution in [-0.2, 0) is 27.0 Å². The molecule has 1 aliphatic heterocycles. The molecule has 1 aromatic heterocycles. The van der Waals surface area contributed by atoms with Crippen LogP contribution in [0.2, 0.25) is 0 Å². The lowest BCUT2D eigenvalue weighted by atomic mass is 9.86. The van der Waals surface area contributed by atoms with E-state index in [0.717, 1.165) is 24.0 Å². The van der Waals surface area contributed by atoms with Crippen molar-refractivity contribution in [3.05, 3.63) is 83.0 Å². The number of fused-ring (bicyclic) bond motifs is 1. The molecule has 1 amide bonds. The third-order valence-electron chi connectivity index (χ3n) is 7.05. The number of rotatable bonds is 7. The van der Waals surface area contributed by atoms with Crippen LogP contribution in [0.5, 0.6) is 0 Å². The lowest BCUT2D eigenvalue weighted by Gasteiger charge is -2.38. The summed E-state index contributed by atoms with van der Waals surface area (Å²) in [5.74, 6) is -0.243. The summed E-state index contributed by atoms with van der Waals surface area (Å²) in [5, 5.41) is 11.1. The standard InChI is InChI=1S/C28H34N4O3/c1-6-19-13-15-21(16-14-19)28(7-2,26(34)35-5)31-25(33)22-18-29-32-24(22)30-23(17-27(32,3)4)20-11-9-8-10-12-20/h8-16,18,23,30H,6-7,17H2,1-5H3,(H,31,33)/t23-,28?/m1/s1. The highest BCUT2D eigenvalue weighted by Crippen LogP contribution is 2.40. The number of carbonyl (C=O) groups is 2. The van der Waals surface area contributed by atoms with Gasteiger partial charge in [0.15, 0.2) is 5.54 Å². The minimum absolute atomic E-state index is 0.0278. The predicted octanol–water partition coefficient (Wildman–Crippen LogP) is 4.95. The topological polar surface area (TPSA) is 85.3 Å². The highest BCUT2D eigenvalue weighted by molar-refractivity contribution is 6.02. The van der Waals surface area contributed by atoms with Crippen LogP contribution in [0, 0.1) is 0 Å². The minimum Gasteiger partial charge on any atom is -0.467 e. The summed E-state index contributed by atoms with van der Waals surface area (Å²) < 4.78 is 7.03. The van der Waals surface area contributed by atoms with E-state index in [2.05, 4.69) is 48.6 Å². The van der Waals surface area contributed by atoms with Crippen molar-refractivity contribution in [2.75, 3.05) is 12.4 Å². The van der Waals surface area contributed by atoms with Crippen molar-refractivity contribution in [2.24, 2.45) is 0 Å². The Balaban J connectivity index is 1.71. The van der Waals surface area contributed by atoms with Crippen LogP contribution >= 0.6 is 0 Å². The molecule has 0 radical (unpaired) electrons. The summed E-state index contributed by atoms with van der Waals surface area (Å²) in [5.41, 5.74) is 1.77. The maximum absolute atomic E-state index is 13.7. The molecule has 35 heavy (non-hydrogen) atoms. The Morgan fingerprint density at radius 2 is 1.83 bits per heavy atom. The number of benzene rings is 2. The van der Waals surface area contributed by atoms with E-state index in [-0.39, 0.29) is 17.5 Å². The van der Waals surface area contributed by atoms with E-state index in [1.165, 1.54) is 7.11 Å². The molecule has 7 nitrogen and oxygen atoms in total. The van der Waals surface area contributed by atoms with E-state index >= 15 is 0 Å². The second kappa shape index (κ2) is 9.56. The van der Waals surface area contributed by atoms with Crippen molar-refractivity contribution in [3.63, 3.8) is 0 Å². The number of hydrogen-bond acceptors (Lipinski definition) is 5. The summed E-state index contributed by atoms with van der Waals surface area (Å²) in [4.78, 5) is 26.8. The fourth-order valence-corrected chi connectivity index (χ4v) is 4.94. The normalized spacial score (nSPS) is 18.0. The Morgan fingerprint density at radius 1 is 1.14 bits per heavy atom. The molecule has 2 N–H and O–H groups in total. The van der Waals surface area contributed by atoms with E-state index in [1.54, 1.807) is 6.20 Å². The Morgan fingerprint density at radius 3 is 2.43 bits per heavy atom. The average molecular weight is 475 g/mol. The van der Waals surface area contributed by atoms with E-state index in [4.69, 9.17) is 4.74 Å². The summed E-state index contributed by atoms with van der Waals surface area (Å²) >= 11 is 0. The lowest BCUT2D eigenvalue weighted by molar-refractivity contribution is -0.149. The van der Waals surface area contributed by atoms with E-state index in [9.17, 15) is 9.59 Å². The van der Waals surface area contributed by atoms with E-state index < -0.39 is 11.5 Å². The van der Waals surface area contributed by atoms with Crippen LogP contribution in [0.25, 0.3) is 0 Å². The van der Waals surface area contributed by atoms with Gasteiger partial charge in [0, 0.05) is 0 Å². The number of anilines is 1. The predicted molar refractivity (Wildman–Crippen MR) is 136 cm³/mol. The molecule has 0 fully saturated rings. The molecule has 7 heteroatoms. The Kier molecular flexibility index (Phi) is 6.70. The number of nitrogens with zero attached hydrogens (tertiary/aromatic N) is 2. The van der Waals surface area contributed by atoms with Crippen molar-refractivity contribution in [1.82, 2.24) is 15.1 Å². The number of methoxy groups -OCH3 is 1. The van der Waals surface area contributed by atoms with Gasteiger partial charge in [-0.1, -0.05) is 68.4 Å². The number of aryl methyl sites for hydroxylation is 1. The van der Waals surface area contributed by atoms with Gasteiger partial charge in [0.05, 0.1) is 24.9 Å². The second-order valence-electron chi connectivity index (χ2n) is 9.70. The summed E-state index contributed by atoms with van der Waals surface area (Å²) in [6.45, 7) is 8.17. The molecule has 0 aliphatic carbocycles. The van der Waals surface area contributed by atoms with Gasteiger partial charge in [-0.2, -0.15) is 5.10 Å². The van der Waals surface area contributed by atoms with Gasteiger partial charge in [-0.3, -0.25) is 4.79 Å². The maximum Gasteiger partial charge on any atom is 0.336 e. The molecule has 2 atom stereocenters. The number of carbonyl (C=O) groups excluding carboxylic acids is 2. The molecule has 1 unspecified atom stereocenters. The third kappa shape index (κ3) is 4.43. The van der Waals surface area contributed by atoms with Gasteiger partial charge in [0.1, 0.15) is 11.4 Å². The highest BCUT2D eigenvalue weighted by atomic mass is 16.5. The van der Waals surface area contributed by atoms with Gasteiger partial charge in [0.2, 0.25) is 0 Å². The Bertz CT molecular complexity index is 1200. The molecule has 184 valence electrons. The average Bonchev–Trinajstić information content (AvgIpc) is 3.32. The molecule has 0 bridgehead atoms. The number of nitrogens with one attached hydrogen (secondary N) is 2. The number of esters is 1. The molecule has 2 aromatic carbocycles. The minimum atomic E-state index is -1.31. The SMILES string of the molecule is CCc1ccc(C(CC)(NC(=O)c2cnn3c2N[C@@H](c2ccccc2)CC3(C)C)C(=O)OC)cc1. The van der Waals surface area contributed by atoms with Crippen molar-refractivity contribution in [3.8, 4) is 0 Å². The highest BCUT2D eigenvalue weighted by Gasteiger charge is 2.43. The van der Waals surface area contributed by atoms with Crippen molar-refractivity contribution >= 4 is 17.7 Å². The molecule has 2 heterocycles. The van der Waals surface area contributed by atoms with Crippen LogP contribution in [0.3, 0.4) is 0 Å². The monoisotopic (exact) mass is 474 g/mol. The first-order chi connectivity index (χ1) is 16.8. The second-order valence-corrected chi connectivity index (χ2v) is 9.70. The fraction of sp³-hybridized carbons (Fsp3) is 0.393. The van der Waals surface area contributed by atoms with Crippen molar-refractivity contribution < 1.29 is 14.3 Å². The van der Waals surface area contributed by atoms with E-state index in [0.29, 0.717) is 23.4 Å². The van der Waals surface area contributed by atoms with Gasteiger partial charge in [-0.25, -0.2) is 9.48 Å². The summed E-state index contributed by atoms with van der Waals surface area (Å²) in [7, 11) is 1.34. The van der Waals surface area contributed by atoms with Gasteiger partial charge in [-0.15, -0.1) is 0 Å². The van der Waals surface area contributed by atoms with Crippen molar-refractivity contribution in [2.45, 2.75) is 64.1 Å². The zero-order valence-electron chi connectivity index (χ0n) is 21.1. The Labute approximate surface area is 206 Å². The first-order valence-corrected chi connectivity index (χ1v) is 12.2. The molecule has 1 aliphatic rings. The lowest BCUT2D eigenvalue weighted by Crippen LogP contribution is -2.52.